The minimum atomic E-state index is -0.792. The summed E-state index contributed by atoms with van der Waals surface area (Å²) in [6.07, 6.45) is 88.7. The molecular weight excluding hydrogens is 961 g/mol. The van der Waals surface area contributed by atoms with Crippen molar-refractivity contribution in [2.75, 3.05) is 13.2 Å². The summed E-state index contributed by atoms with van der Waals surface area (Å²) in [6.45, 7) is 6.46. The summed E-state index contributed by atoms with van der Waals surface area (Å²) < 4.78 is 16.9. The first kappa shape index (κ1) is 74.3. The molecule has 0 aliphatic carbocycles. The zero-order valence-corrected chi connectivity index (χ0v) is 51.4. The molecule has 1 unspecified atom stereocenters. The molecule has 0 heterocycles. The molecule has 0 N–H and O–H groups in total. The van der Waals surface area contributed by atoms with Gasteiger partial charge in [-0.25, -0.2) is 0 Å². The maximum Gasteiger partial charge on any atom is 0.306 e. The fraction of sp³-hybridized carbons (Fsp3) is 0.736. The van der Waals surface area contributed by atoms with Crippen LogP contribution in [-0.2, 0) is 28.6 Å². The largest absolute Gasteiger partial charge is 0.462 e. The van der Waals surface area contributed by atoms with E-state index >= 15 is 0 Å². The topological polar surface area (TPSA) is 78.9 Å². The molecule has 6 nitrogen and oxygen atoms in total. The second-order valence-corrected chi connectivity index (χ2v) is 22.0. The van der Waals surface area contributed by atoms with Crippen molar-refractivity contribution in [3.05, 3.63) is 97.2 Å². The van der Waals surface area contributed by atoms with Crippen LogP contribution in [0.3, 0.4) is 0 Å². The Balaban J connectivity index is 4.21. The minimum absolute atomic E-state index is 0.0867. The van der Waals surface area contributed by atoms with E-state index in [4.69, 9.17) is 14.2 Å². The smallest absolute Gasteiger partial charge is 0.306 e. The summed E-state index contributed by atoms with van der Waals surface area (Å²) in [5, 5.41) is 0. The first-order valence-corrected chi connectivity index (χ1v) is 33.2. The van der Waals surface area contributed by atoms with Crippen molar-refractivity contribution in [3.8, 4) is 0 Å². The van der Waals surface area contributed by atoms with Gasteiger partial charge in [0.25, 0.3) is 0 Å². The van der Waals surface area contributed by atoms with Crippen LogP contribution in [0.15, 0.2) is 97.2 Å². The highest BCUT2D eigenvalue weighted by atomic mass is 16.6. The summed E-state index contributed by atoms with van der Waals surface area (Å²) in [5.41, 5.74) is 0. The fourth-order valence-corrected chi connectivity index (χ4v) is 9.33. The molecule has 0 radical (unpaired) electrons. The summed E-state index contributed by atoms with van der Waals surface area (Å²) >= 11 is 0. The molecule has 448 valence electrons. The van der Waals surface area contributed by atoms with Crippen molar-refractivity contribution in [3.63, 3.8) is 0 Å². The lowest BCUT2D eigenvalue weighted by Gasteiger charge is -2.18. The van der Waals surface area contributed by atoms with Gasteiger partial charge < -0.3 is 14.2 Å². The van der Waals surface area contributed by atoms with E-state index in [0.717, 1.165) is 135 Å². The lowest BCUT2D eigenvalue weighted by atomic mass is 10.0. The number of allylic oxidation sites excluding steroid dienone is 16. The number of unbranched alkanes of at least 4 members (excludes halogenated alkanes) is 33. The molecule has 6 heteroatoms. The second-order valence-electron chi connectivity index (χ2n) is 22.0. The van der Waals surface area contributed by atoms with E-state index in [9.17, 15) is 14.4 Å². The number of rotatable bonds is 60. The van der Waals surface area contributed by atoms with Gasteiger partial charge in [0.05, 0.1) is 0 Å². The average molecular weight is 1090 g/mol. The van der Waals surface area contributed by atoms with Gasteiger partial charge in [-0.2, -0.15) is 0 Å². The highest BCUT2D eigenvalue weighted by Gasteiger charge is 2.19. The van der Waals surface area contributed by atoms with Gasteiger partial charge in [0.1, 0.15) is 13.2 Å². The maximum atomic E-state index is 12.9. The van der Waals surface area contributed by atoms with Gasteiger partial charge >= 0.3 is 17.9 Å². The molecule has 78 heavy (non-hydrogen) atoms. The summed E-state index contributed by atoms with van der Waals surface area (Å²) in [4.78, 5) is 38.2. The van der Waals surface area contributed by atoms with Crippen LogP contribution in [0.2, 0.25) is 0 Å². The van der Waals surface area contributed by atoms with Crippen molar-refractivity contribution in [1.82, 2.24) is 0 Å². The van der Waals surface area contributed by atoms with Gasteiger partial charge in [-0.1, -0.05) is 285 Å². The van der Waals surface area contributed by atoms with Crippen molar-refractivity contribution >= 4 is 17.9 Å². The van der Waals surface area contributed by atoms with Gasteiger partial charge in [0.2, 0.25) is 0 Å². The third kappa shape index (κ3) is 63.2. The van der Waals surface area contributed by atoms with Crippen molar-refractivity contribution in [2.24, 2.45) is 0 Å². The number of ether oxygens (including phenoxy) is 3. The molecule has 0 aromatic heterocycles. The Morgan fingerprint density at radius 3 is 0.846 bits per heavy atom. The minimum Gasteiger partial charge on any atom is -0.462 e. The van der Waals surface area contributed by atoms with Gasteiger partial charge in [-0.3, -0.25) is 14.4 Å². The Bertz CT molecular complexity index is 1530. The Morgan fingerprint density at radius 2 is 0.526 bits per heavy atom. The van der Waals surface area contributed by atoms with E-state index in [2.05, 4.69) is 118 Å². The van der Waals surface area contributed by atoms with Crippen molar-refractivity contribution < 1.29 is 28.6 Å². The van der Waals surface area contributed by atoms with Crippen LogP contribution in [-0.4, -0.2) is 37.2 Å². The van der Waals surface area contributed by atoms with E-state index in [-0.39, 0.29) is 31.1 Å². The van der Waals surface area contributed by atoms with E-state index in [1.54, 1.807) is 0 Å². The number of hydrogen-bond acceptors (Lipinski definition) is 6. The molecule has 1 atom stereocenters. The molecule has 0 rings (SSSR count). The first-order valence-electron chi connectivity index (χ1n) is 33.2. The van der Waals surface area contributed by atoms with Crippen LogP contribution in [0.1, 0.15) is 323 Å². The predicted octanol–water partition coefficient (Wildman–Crippen LogP) is 22.8. The Kier molecular flexibility index (Phi) is 62.7. The molecule has 0 saturated carbocycles. The third-order valence-corrected chi connectivity index (χ3v) is 14.3. The zero-order valence-electron chi connectivity index (χ0n) is 51.4. The van der Waals surface area contributed by atoms with E-state index in [1.165, 1.54) is 148 Å². The highest BCUT2D eigenvalue weighted by Crippen LogP contribution is 2.17. The SMILES string of the molecule is CC/C=C\C/C=C\C/C=C\C/C=C\C/C=C\CCCCCCCC(=O)OC(COC(=O)CCCCCCC/C=C\CCC)COC(=O)CCCCCCCCCCCCCCCCCCC/C=C\C/C=C\CCCCCCC. The van der Waals surface area contributed by atoms with Gasteiger partial charge in [0.15, 0.2) is 6.10 Å². The van der Waals surface area contributed by atoms with Crippen LogP contribution in [0.4, 0.5) is 0 Å². The second kappa shape index (κ2) is 65.8. The molecule has 0 aliphatic rings. The normalized spacial score (nSPS) is 12.7. The molecule has 0 spiro atoms. The third-order valence-electron chi connectivity index (χ3n) is 14.3. The maximum absolute atomic E-state index is 12.9. The number of carbonyl (C=O) groups excluding carboxylic acids is 3. The number of carbonyl (C=O) groups is 3. The predicted molar refractivity (Wildman–Crippen MR) is 339 cm³/mol. The van der Waals surface area contributed by atoms with Gasteiger partial charge in [0, 0.05) is 19.3 Å². The molecule has 0 amide bonds. The summed E-state index contributed by atoms with van der Waals surface area (Å²) in [7, 11) is 0. The fourth-order valence-electron chi connectivity index (χ4n) is 9.33. The van der Waals surface area contributed by atoms with E-state index in [1.807, 2.05) is 0 Å². The number of esters is 3. The van der Waals surface area contributed by atoms with Crippen molar-refractivity contribution in [2.45, 2.75) is 329 Å². The Hall–Kier alpha value is -3.67. The van der Waals surface area contributed by atoms with Crippen LogP contribution < -0.4 is 0 Å². The molecule has 0 saturated heterocycles. The first-order chi connectivity index (χ1) is 38.5. The standard InChI is InChI=1S/C72H124O6/c1-4-7-10-13-16-19-22-24-26-28-30-32-33-34-35-36-37-38-39-41-42-44-46-48-50-53-56-59-62-65-71(74)77-68-69(67-76-70(73)64-61-58-55-52-21-18-15-12-9-6-3)78-72(75)66-63-60-57-54-51-49-47-45-43-40-31-29-27-25-23-20-17-14-11-8-5-2/h8,11-12,15,17,20,22,24-25,27-28,30-31,40,45,47,69H,4-7,9-10,13-14,16,18-19,21,23,26,29,32-39,41-44,46,48-68H2,1-3H3/b11-8-,15-12-,20-17-,24-22-,27-25-,30-28-,40-31-,47-45-. The van der Waals surface area contributed by atoms with Gasteiger partial charge in [-0.05, 0) is 116 Å². The average Bonchev–Trinajstić information content (AvgIpc) is 3.44. The highest BCUT2D eigenvalue weighted by molar-refractivity contribution is 5.71. The Morgan fingerprint density at radius 1 is 0.269 bits per heavy atom. The van der Waals surface area contributed by atoms with E-state index < -0.39 is 6.10 Å². The van der Waals surface area contributed by atoms with E-state index in [0.29, 0.717) is 19.3 Å². The lowest BCUT2D eigenvalue weighted by Crippen LogP contribution is -2.30. The lowest BCUT2D eigenvalue weighted by molar-refractivity contribution is -0.167. The molecule has 0 aromatic rings. The van der Waals surface area contributed by atoms with Crippen LogP contribution in [0.25, 0.3) is 0 Å². The molecule has 0 aliphatic heterocycles. The molecule has 0 aromatic carbocycles. The van der Waals surface area contributed by atoms with Gasteiger partial charge in [-0.15, -0.1) is 0 Å². The summed E-state index contributed by atoms with van der Waals surface area (Å²) in [5.74, 6) is -0.907. The Labute approximate surface area is 483 Å². The van der Waals surface area contributed by atoms with Crippen LogP contribution >= 0.6 is 0 Å². The quantitative estimate of drug-likeness (QED) is 0.0261. The molecular formula is C72H124O6. The zero-order chi connectivity index (χ0) is 56.4. The van der Waals surface area contributed by atoms with Crippen LogP contribution in [0.5, 0.6) is 0 Å². The monoisotopic (exact) mass is 1080 g/mol. The van der Waals surface area contributed by atoms with Crippen molar-refractivity contribution in [1.29, 1.82) is 0 Å². The molecule has 0 bridgehead atoms. The van der Waals surface area contributed by atoms with Crippen LogP contribution in [0, 0.1) is 0 Å². The molecule has 0 fully saturated rings. The summed E-state index contributed by atoms with van der Waals surface area (Å²) in [6, 6.07) is 0. The number of hydrogen-bond donors (Lipinski definition) is 0.